The van der Waals surface area contributed by atoms with Crippen LogP contribution in [0.5, 0.6) is 0 Å². The lowest BCUT2D eigenvalue weighted by molar-refractivity contribution is -0.120. The summed E-state index contributed by atoms with van der Waals surface area (Å²) >= 11 is 0. The van der Waals surface area contributed by atoms with Crippen LogP contribution in [0.25, 0.3) is 0 Å². The number of rotatable bonds is 9. The van der Waals surface area contributed by atoms with Gasteiger partial charge in [0.15, 0.2) is 0 Å². The second-order valence-corrected chi connectivity index (χ2v) is 6.59. The van der Waals surface area contributed by atoms with Gasteiger partial charge in [0.25, 0.3) is 5.92 Å². The molecular formula is C17H27F2N3O3. The molecule has 0 radical (unpaired) electrons. The van der Waals surface area contributed by atoms with Gasteiger partial charge in [-0.1, -0.05) is 26.7 Å². The minimum Gasteiger partial charge on any atom is -0.394 e. The lowest BCUT2D eigenvalue weighted by atomic mass is 9.98. The van der Waals surface area contributed by atoms with Gasteiger partial charge in [0.05, 0.1) is 12.7 Å². The van der Waals surface area contributed by atoms with Gasteiger partial charge in [-0.3, -0.25) is 4.57 Å². The minimum absolute atomic E-state index is 0.374. The molecule has 2 atom stereocenters. The van der Waals surface area contributed by atoms with Crippen LogP contribution in [0.2, 0.25) is 0 Å². The van der Waals surface area contributed by atoms with Crippen molar-refractivity contribution in [3.8, 4) is 0 Å². The SMILES string of the molecule is CCCC(CCC)CNc1ccn([C@@H]2O[C@@H](CO)CC2(F)F)c(=O)n1. The van der Waals surface area contributed by atoms with E-state index in [1.807, 2.05) is 0 Å². The molecule has 0 saturated carbocycles. The fourth-order valence-corrected chi connectivity index (χ4v) is 3.21. The predicted octanol–water partition coefficient (Wildman–Crippen LogP) is 2.79. The maximum Gasteiger partial charge on any atom is 0.351 e. The van der Waals surface area contributed by atoms with Gasteiger partial charge in [0, 0.05) is 19.2 Å². The van der Waals surface area contributed by atoms with Crippen molar-refractivity contribution in [2.75, 3.05) is 18.5 Å². The van der Waals surface area contributed by atoms with Crippen LogP contribution in [0.4, 0.5) is 14.6 Å². The highest BCUT2D eigenvalue weighted by Gasteiger charge is 2.51. The largest absolute Gasteiger partial charge is 0.394 e. The van der Waals surface area contributed by atoms with E-state index in [0.717, 1.165) is 30.3 Å². The molecule has 2 N–H and O–H groups in total. The van der Waals surface area contributed by atoms with E-state index in [0.29, 0.717) is 18.3 Å². The molecule has 8 heteroatoms. The fourth-order valence-electron chi connectivity index (χ4n) is 3.21. The Labute approximate surface area is 146 Å². The summed E-state index contributed by atoms with van der Waals surface area (Å²) in [5.41, 5.74) is -0.796. The van der Waals surface area contributed by atoms with Crippen molar-refractivity contribution in [1.29, 1.82) is 0 Å². The molecule has 6 nitrogen and oxygen atoms in total. The number of nitrogens with one attached hydrogen (secondary N) is 1. The highest BCUT2D eigenvalue weighted by molar-refractivity contribution is 5.31. The van der Waals surface area contributed by atoms with Gasteiger partial charge in [0.1, 0.15) is 5.82 Å². The molecular weight excluding hydrogens is 332 g/mol. The lowest BCUT2D eigenvalue weighted by Gasteiger charge is -2.20. The molecule has 25 heavy (non-hydrogen) atoms. The zero-order valence-electron chi connectivity index (χ0n) is 14.8. The average molecular weight is 359 g/mol. The number of hydrogen-bond donors (Lipinski definition) is 2. The van der Waals surface area contributed by atoms with E-state index in [4.69, 9.17) is 9.84 Å². The van der Waals surface area contributed by atoms with Gasteiger partial charge >= 0.3 is 5.69 Å². The summed E-state index contributed by atoms with van der Waals surface area (Å²) in [5, 5.41) is 12.1. The Kier molecular flexibility index (Phi) is 6.89. The van der Waals surface area contributed by atoms with Crippen LogP contribution >= 0.6 is 0 Å². The molecule has 0 unspecified atom stereocenters. The average Bonchev–Trinajstić information content (AvgIpc) is 2.88. The number of halogens is 2. The monoisotopic (exact) mass is 359 g/mol. The van der Waals surface area contributed by atoms with Gasteiger partial charge in [0.2, 0.25) is 6.23 Å². The fraction of sp³-hybridized carbons (Fsp3) is 0.765. The topological polar surface area (TPSA) is 76.4 Å². The van der Waals surface area contributed by atoms with E-state index in [-0.39, 0.29) is 0 Å². The van der Waals surface area contributed by atoms with E-state index >= 15 is 0 Å². The Morgan fingerprint density at radius 1 is 1.44 bits per heavy atom. The maximum atomic E-state index is 14.0. The number of aromatic nitrogens is 2. The van der Waals surface area contributed by atoms with Crippen molar-refractivity contribution in [2.24, 2.45) is 5.92 Å². The van der Waals surface area contributed by atoms with Crippen LogP contribution in [-0.2, 0) is 4.74 Å². The van der Waals surface area contributed by atoms with E-state index < -0.39 is 37.0 Å². The molecule has 1 aromatic rings. The Hall–Kier alpha value is -1.54. The van der Waals surface area contributed by atoms with Crippen molar-refractivity contribution >= 4 is 5.82 Å². The molecule has 2 heterocycles. The predicted molar refractivity (Wildman–Crippen MR) is 90.9 cm³/mol. The molecule has 1 aliphatic rings. The number of aliphatic hydroxyl groups is 1. The first kappa shape index (κ1) is 19.8. The second kappa shape index (κ2) is 8.71. The Morgan fingerprint density at radius 2 is 2.12 bits per heavy atom. The highest BCUT2D eigenvalue weighted by atomic mass is 19.3. The molecule has 0 spiro atoms. The maximum absolute atomic E-state index is 14.0. The van der Waals surface area contributed by atoms with E-state index in [1.54, 1.807) is 0 Å². The van der Waals surface area contributed by atoms with Crippen molar-refractivity contribution in [3.63, 3.8) is 0 Å². The number of aliphatic hydroxyl groups excluding tert-OH is 1. The zero-order chi connectivity index (χ0) is 18.4. The summed E-state index contributed by atoms with van der Waals surface area (Å²) in [6.45, 7) is 4.44. The van der Waals surface area contributed by atoms with Crippen LogP contribution in [0.15, 0.2) is 17.1 Å². The first-order valence-electron chi connectivity index (χ1n) is 8.88. The summed E-state index contributed by atoms with van der Waals surface area (Å²) in [5.74, 6) is -2.35. The van der Waals surface area contributed by atoms with Crippen LogP contribution in [0, 0.1) is 5.92 Å². The molecule has 0 aliphatic carbocycles. The normalized spacial score (nSPS) is 22.5. The highest BCUT2D eigenvalue weighted by Crippen LogP contribution is 2.41. The van der Waals surface area contributed by atoms with Gasteiger partial charge < -0.3 is 15.2 Å². The van der Waals surface area contributed by atoms with Crippen LogP contribution in [-0.4, -0.2) is 39.8 Å². The first-order valence-corrected chi connectivity index (χ1v) is 8.88. The molecule has 1 saturated heterocycles. The Morgan fingerprint density at radius 3 is 2.64 bits per heavy atom. The third-order valence-electron chi connectivity index (χ3n) is 4.43. The molecule has 1 fully saturated rings. The number of ether oxygens (including phenoxy) is 1. The van der Waals surface area contributed by atoms with Crippen molar-refractivity contribution < 1.29 is 18.6 Å². The van der Waals surface area contributed by atoms with Crippen molar-refractivity contribution in [3.05, 3.63) is 22.7 Å². The summed E-state index contributed by atoms with van der Waals surface area (Å²) in [6, 6.07) is 1.50. The number of hydrogen-bond acceptors (Lipinski definition) is 5. The molecule has 0 amide bonds. The zero-order valence-corrected chi connectivity index (χ0v) is 14.8. The molecule has 0 aromatic carbocycles. The van der Waals surface area contributed by atoms with E-state index in [1.165, 1.54) is 12.3 Å². The third-order valence-corrected chi connectivity index (χ3v) is 4.43. The summed E-state index contributed by atoms with van der Waals surface area (Å²) in [7, 11) is 0. The van der Waals surface area contributed by atoms with Gasteiger partial charge in [-0.25, -0.2) is 13.6 Å². The van der Waals surface area contributed by atoms with Crippen molar-refractivity contribution in [2.45, 2.75) is 64.2 Å². The van der Waals surface area contributed by atoms with Crippen molar-refractivity contribution in [1.82, 2.24) is 9.55 Å². The molecule has 2 rings (SSSR count). The molecule has 1 aliphatic heterocycles. The number of alkyl halides is 2. The minimum atomic E-state index is -3.22. The smallest absolute Gasteiger partial charge is 0.351 e. The van der Waals surface area contributed by atoms with Gasteiger partial charge in [-0.15, -0.1) is 0 Å². The van der Waals surface area contributed by atoms with Crippen LogP contribution < -0.4 is 11.0 Å². The van der Waals surface area contributed by atoms with Crippen LogP contribution in [0.1, 0.15) is 52.2 Å². The summed E-state index contributed by atoms with van der Waals surface area (Å²) in [4.78, 5) is 16.0. The summed E-state index contributed by atoms with van der Waals surface area (Å²) < 4.78 is 33.9. The first-order chi connectivity index (χ1) is 11.9. The third kappa shape index (κ3) is 4.98. The van der Waals surface area contributed by atoms with E-state index in [2.05, 4.69) is 24.1 Å². The lowest BCUT2D eigenvalue weighted by Crippen LogP contribution is -2.35. The second-order valence-electron chi connectivity index (χ2n) is 6.59. The number of anilines is 1. The quantitative estimate of drug-likeness (QED) is 0.709. The summed E-state index contributed by atoms with van der Waals surface area (Å²) in [6.07, 6.45) is 2.29. The number of nitrogens with zero attached hydrogens (tertiary/aromatic N) is 2. The molecule has 142 valence electrons. The Bertz CT molecular complexity index is 603. The molecule has 0 bridgehead atoms. The van der Waals surface area contributed by atoms with Gasteiger partial charge in [-0.05, 0) is 24.8 Å². The van der Waals surface area contributed by atoms with E-state index in [9.17, 15) is 13.6 Å². The van der Waals surface area contributed by atoms with Gasteiger partial charge in [-0.2, -0.15) is 4.98 Å². The Balaban J connectivity index is 2.07. The molecule has 1 aromatic heterocycles. The van der Waals surface area contributed by atoms with Crippen LogP contribution in [0.3, 0.4) is 0 Å². The standard InChI is InChI=1S/C17H27F2N3O3/c1-3-5-12(6-4-2)10-20-14-7-8-22(16(24)21-14)15-17(18,19)9-13(11-23)25-15/h7-8,12-13,15,23H,3-6,9-11H2,1-2H3,(H,20,21,24)/t13-,15-/m1/s1.